The lowest BCUT2D eigenvalue weighted by Gasteiger charge is -2.51. The van der Waals surface area contributed by atoms with E-state index in [0.29, 0.717) is 18.8 Å². The van der Waals surface area contributed by atoms with Gasteiger partial charge in [-0.1, -0.05) is 44.4 Å². The number of aliphatic hydroxyl groups excluding tert-OH is 12. The zero-order chi connectivity index (χ0) is 61.5. The van der Waals surface area contributed by atoms with Crippen molar-refractivity contribution < 1.29 is 128 Å². The van der Waals surface area contributed by atoms with Gasteiger partial charge in [-0.2, -0.15) is 0 Å². The lowest BCUT2D eigenvalue weighted by atomic mass is 9.93. The molecule has 84 heavy (non-hydrogen) atoms. The predicted molar refractivity (Wildman–Crippen MR) is 284 cm³/mol. The van der Waals surface area contributed by atoms with Crippen molar-refractivity contribution >= 4 is 23.6 Å². The maximum absolute atomic E-state index is 13.9. The number of unbranched alkanes of at least 4 members (excludes halogenated alkanes) is 5. The molecule has 0 saturated carbocycles. The SMILES string of the molecule is CCCCCC/C=C\CCCOc1cccc(C(=O)NC2C(OC3C(CO)OC(OC4C(CO)OC(OC5C(COC6OC(C)C(O)C(O)C6O)OC(O)C(NC(C)=O)C5O)C(NC(C)=O)C4O)C(NC(C)=O)C3O)OC(CO)C(O)C2O)c1. The first-order chi connectivity index (χ1) is 40.0. The van der Waals surface area contributed by atoms with Crippen LogP contribution >= 0.6 is 0 Å². The third-order valence-corrected chi connectivity index (χ3v) is 15.1. The summed E-state index contributed by atoms with van der Waals surface area (Å²) in [6.45, 7) is 3.55. The van der Waals surface area contributed by atoms with Gasteiger partial charge in [-0.3, -0.25) is 19.2 Å². The molecule has 25 atom stereocenters. The van der Waals surface area contributed by atoms with E-state index >= 15 is 0 Å². The smallest absolute Gasteiger partial charge is 0.251 e. The Bertz CT molecular complexity index is 2260. The van der Waals surface area contributed by atoms with Crippen molar-refractivity contribution in [1.29, 1.82) is 0 Å². The van der Waals surface area contributed by atoms with Crippen LogP contribution < -0.4 is 26.0 Å². The third-order valence-electron chi connectivity index (χ3n) is 15.1. The van der Waals surface area contributed by atoms with Crippen LogP contribution in [-0.4, -0.2) is 271 Å². The van der Waals surface area contributed by atoms with Gasteiger partial charge in [0.1, 0.15) is 121 Å². The van der Waals surface area contributed by atoms with Crippen LogP contribution in [0, 0.1) is 0 Å². The van der Waals surface area contributed by atoms with Crippen LogP contribution in [0.1, 0.15) is 89.9 Å². The van der Waals surface area contributed by atoms with E-state index < -0.39 is 203 Å². The van der Waals surface area contributed by atoms with E-state index in [4.69, 9.17) is 47.4 Å². The molecular weight excluding hydrogens is 1120 g/mol. The van der Waals surface area contributed by atoms with E-state index in [1.807, 2.05) is 0 Å². The number of aliphatic hydroxyl groups is 12. The Balaban J connectivity index is 1.19. The summed E-state index contributed by atoms with van der Waals surface area (Å²) in [4.78, 5) is 51.7. The quantitative estimate of drug-likeness (QED) is 0.0289. The minimum atomic E-state index is -2.01. The molecule has 0 bridgehead atoms. The Morgan fingerprint density at radius 1 is 0.524 bits per heavy atom. The molecule has 0 radical (unpaired) electrons. The largest absolute Gasteiger partial charge is 0.494 e. The summed E-state index contributed by atoms with van der Waals surface area (Å²) in [6.07, 6.45) is -25.0. The fourth-order valence-electron chi connectivity index (χ4n) is 10.5. The third kappa shape index (κ3) is 17.7. The molecule has 30 nitrogen and oxygen atoms in total. The topological polar surface area (TPSA) is 451 Å². The predicted octanol–water partition coefficient (Wildman–Crippen LogP) is -5.34. The van der Waals surface area contributed by atoms with Crippen LogP contribution in [-0.2, 0) is 57.0 Å². The van der Waals surface area contributed by atoms with Crippen molar-refractivity contribution in [2.24, 2.45) is 0 Å². The van der Waals surface area contributed by atoms with Crippen LogP contribution in [0.2, 0.25) is 0 Å². The summed E-state index contributed by atoms with van der Waals surface area (Å²) >= 11 is 0. The van der Waals surface area contributed by atoms with Gasteiger partial charge >= 0.3 is 0 Å². The average Bonchev–Trinajstić information content (AvgIpc) is 2.49. The minimum Gasteiger partial charge on any atom is -0.494 e. The molecule has 5 fully saturated rings. The Morgan fingerprint density at radius 2 is 1.02 bits per heavy atom. The molecule has 5 aliphatic heterocycles. The van der Waals surface area contributed by atoms with E-state index in [2.05, 4.69) is 40.3 Å². The fourth-order valence-corrected chi connectivity index (χ4v) is 10.5. The van der Waals surface area contributed by atoms with E-state index in [1.54, 1.807) is 12.1 Å². The second kappa shape index (κ2) is 32.7. The van der Waals surface area contributed by atoms with Gasteiger partial charge in [0.2, 0.25) is 17.7 Å². The number of nitrogens with one attached hydrogen (secondary N) is 4. The number of ether oxygens (including phenoxy) is 10. The highest BCUT2D eigenvalue weighted by atomic mass is 16.8. The highest BCUT2D eigenvalue weighted by Gasteiger charge is 2.57. The van der Waals surface area contributed by atoms with Crippen molar-refractivity contribution in [3.63, 3.8) is 0 Å². The van der Waals surface area contributed by atoms with E-state index in [-0.39, 0.29) is 5.56 Å². The number of benzene rings is 1. The highest BCUT2D eigenvalue weighted by Crippen LogP contribution is 2.35. The van der Waals surface area contributed by atoms with Crippen molar-refractivity contribution in [2.45, 2.75) is 233 Å². The van der Waals surface area contributed by atoms with Crippen LogP contribution in [0.15, 0.2) is 36.4 Å². The summed E-state index contributed by atoms with van der Waals surface area (Å²) in [5.74, 6) is -2.75. The Hall–Kier alpha value is -4.20. The van der Waals surface area contributed by atoms with Crippen molar-refractivity contribution in [3.8, 4) is 5.75 Å². The van der Waals surface area contributed by atoms with Crippen molar-refractivity contribution in [1.82, 2.24) is 21.3 Å². The van der Waals surface area contributed by atoms with Gasteiger partial charge in [-0.15, -0.1) is 0 Å². The molecule has 1 aromatic rings. The summed E-state index contributed by atoms with van der Waals surface area (Å²) < 4.78 is 59.4. The second-order valence-corrected chi connectivity index (χ2v) is 21.5. The monoisotopic (exact) mass is 1210 g/mol. The number of carbonyl (C=O) groups excluding carboxylic acids is 4. The zero-order valence-electron chi connectivity index (χ0n) is 47.5. The lowest BCUT2D eigenvalue weighted by molar-refractivity contribution is -0.364. The van der Waals surface area contributed by atoms with Crippen LogP contribution in [0.3, 0.4) is 0 Å². The standard InChI is InChI=1S/C54H86N4O26/c1-6-7-8-9-10-11-12-13-14-18-75-29-17-15-16-28(19-29)49(73)58-35-40(67)39(66)30(20-59)79-51(35)82-46-31(21-60)80-52(36(42(46)69)56-26(4)63)83-47-32(22-61)81-53(37(43(47)70)57-27(5)64)84-48-33(78-50(74)34(41(48)68)55-25(3)62)23-76-54-45(72)44(71)38(65)24(2)77-54/h11-12,15-17,19,24,30-48,50-54,59-61,65-72,74H,6-10,13-14,18,20-23H2,1-5H3,(H,55,62)(H,56,63)(H,57,64)(H,58,73)/b12-11-. The first-order valence-corrected chi connectivity index (χ1v) is 28.3. The number of hydrogen-bond acceptors (Lipinski definition) is 26. The molecule has 0 spiro atoms. The van der Waals surface area contributed by atoms with Crippen molar-refractivity contribution in [2.75, 3.05) is 33.0 Å². The molecule has 5 aliphatic rings. The molecule has 25 unspecified atom stereocenters. The molecule has 1 aromatic carbocycles. The maximum Gasteiger partial charge on any atom is 0.251 e. The normalized spacial score (nSPS) is 39.1. The van der Waals surface area contributed by atoms with Gasteiger partial charge in [-0.25, -0.2) is 0 Å². The van der Waals surface area contributed by atoms with Gasteiger partial charge < -0.3 is 130 Å². The maximum atomic E-state index is 13.9. The van der Waals surface area contributed by atoms with Gasteiger partial charge in [0.15, 0.2) is 31.5 Å². The summed E-state index contributed by atoms with van der Waals surface area (Å²) in [5.41, 5.74) is 0.0642. The van der Waals surface area contributed by atoms with E-state index in [1.165, 1.54) is 38.3 Å². The lowest BCUT2D eigenvalue weighted by Crippen LogP contribution is -2.71. The van der Waals surface area contributed by atoms with Gasteiger partial charge in [-0.05, 0) is 50.8 Å². The molecule has 478 valence electrons. The Labute approximate surface area is 485 Å². The summed E-state index contributed by atoms with van der Waals surface area (Å²) in [6, 6.07) is -0.526. The molecule has 16 N–H and O–H groups in total. The van der Waals surface area contributed by atoms with Gasteiger partial charge in [0, 0.05) is 26.3 Å². The Morgan fingerprint density at radius 3 is 1.56 bits per heavy atom. The molecule has 0 aliphatic carbocycles. The molecule has 6 rings (SSSR count). The van der Waals surface area contributed by atoms with Crippen LogP contribution in [0.4, 0.5) is 0 Å². The molecule has 5 heterocycles. The molecule has 30 heteroatoms. The van der Waals surface area contributed by atoms with E-state index in [0.717, 1.165) is 40.0 Å². The van der Waals surface area contributed by atoms with Gasteiger partial charge in [0.05, 0.1) is 39.1 Å². The first-order valence-electron chi connectivity index (χ1n) is 28.3. The van der Waals surface area contributed by atoms with E-state index in [9.17, 15) is 80.5 Å². The summed E-state index contributed by atoms with van der Waals surface area (Å²) in [5, 5.41) is 142. The molecule has 0 aromatic heterocycles. The summed E-state index contributed by atoms with van der Waals surface area (Å²) in [7, 11) is 0. The average molecular weight is 1210 g/mol. The number of rotatable bonds is 27. The number of allylic oxidation sites excluding steroid dienone is 2. The highest BCUT2D eigenvalue weighted by molar-refractivity contribution is 5.94. The first kappa shape index (κ1) is 68.9. The second-order valence-electron chi connectivity index (χ2n) is 21.5. The number of hydrogen-bond donors (Lipinski definition) is 16. The fraction of sp³-hybridized carbons (Fsp3) is 0.778. The van der Waals surface area contributed by atoms with Crippen molar-refractivity contribution in [3.05, 3.63) is 42.0 Å². The molecular formula is C54H86N4O26. The number of amides is 4. The van der Waals surface area contributed by atoms with Gasteiger partial charge in [0.25, 0.3) is 5.91 Å². The number of carbonyl (C=O) groups is 4. The molecule has 5 saturated heterocycles. The zero-order valence-corrected chi connectivity index (χ0v) is 47.5. The molecule has 4 amide bonds. The van der Waals surface area contributed by atoms with Crippen LogP contribution in [0.5, 0.6) is 5.75 Å². The minimum absolute atomic E-state index is 0.0642. The van der Waals surface area contributed by atoms with Crippen LogP contribution in [0.25, 0.3) is 0 Å². The Kier molecular flexibility index (Phi) is 26.8.